The first kappa shape index (κ1) is 27.4. The Hall–Kier alpha value is -4.21. The first-order valence-corrected chi connectivity index (χ1v) is 12.0. The quantitative estimate of drug-likeness (QED) is 0.325. The molecule has 0 fully saturated rings. The second kappa shape index (κ2) is 11.2. The Bertz CT molecular complexity index is 1290. The average molecular weight is 508 g/mol. The Labute approximate surface area is 216 Å². The van der Waals surface area contributed by atoms with Gasteiger partial charge in [0, 0.05) is 35.2 Å². The van der Waals surface area contributed by atoms with Gasteiger partial charge < -0.3 is 15.0 Å². The molecule has 10 heteroatoms. The summed E-state index contributed by atoms with van der Waals surface area (Å²) in [5.41, 5.74) is 1.75. The van der Waals surface area contributed by atoms with E-state index in [2.05, 4.69) is 5.32 Å². The molecule has 37 heavy (non-hydrogen) atoms. The maximum Gasteiger partial charge on any atom is 0.273 e. The van der Waals surface area contributed by atoms with Crippen molar-refractivity contribution >= 4 is 23.3 Å². The first-order chi connectivity index (χ1) is 17.4. The second-order valence-corrected chi connectivity index (χ2v) is 9.81. The standard InChI is InChI=1S/C27H33N5O5/c1-7-14-30(26(34)19-9-8-18(2)22(15-19)32(35)36)17-25(33)28-24-16-23(27(3,4)5)29-31(24)20-10-12-21(37-6)13-11-20/h8-13,15-16H,7,14,17H2,1-6H3,(H,28,33). The van der Waals surface area contributed by atoms with Gasteiger partial charge in [-0.3, -0.25) is 19.7 Å². The van der Waals surface area contributed by atoms with Gasteiger partial charge in [-0.15, -0.1) is 0 Å². The molecule has 0 spiro atoms. The molecule has 0 unspecified atom stereocenters. The minimum atomic E-state index is -0.518. The predicted molar refractivity (Wildman–Crippen MR) is 141 cm³/mol. The maximum absolute atomic E-state index is 13.2. The molecule has 3 rings (SSSR count). The van der Waals surface area contributed by atoms with E-state index in [1.165, 1.54) is 17.0 Å². The van der Waals surface area contributed by atoms with Crippen LogP contribution in [0.2, 0.25) is 0 Å². The summed E-state index contributed by atoms with van der Waals surface area (Å²) in [6.45, 7) is 9.70. The van der Waals surface area contributed by atoms with Gasteiger partial charge in [-0.25, -0.2) is 4.68 Å². The highest BCUT2D eigenvalue weighted by Crippen LogP contribution is 2.27. The van der Waals surface area contributed by atoms with Crippen LogP contribution in [0.3, 0.4) is 0 Å². The zero-order valence-corrected chi connectivity index (χ0v) is 22.1. The van der Waals surface area contributed by atoms with E-state index >= 15 is 0 Å². The highest BCUT2D eigenvalue weighted by atomic mass is 16.6. The van der Waals surface area contributed by atoms with E-state index in [1.54, 1.807) is 24.8 Å². The number of rotatable bonds is 9. The molecule has 3 aromatic rings. The Kier molecular flexibility index (Phi) is 8.31. The molecule has 0 saturated carbocycles. The van der Waals surface area contributed by atoms with Crippen molar-refractivity contribution in [3.8, 4) is 11.4 Å². The summed E-state index contributed by atoms with van der Waals surface area (Å²) in [5.74, 6) is 0.315. The van der Waals surface area contributed by atoms with Crippen molar-refractivity contribution in [3.05, 3.63) is 75.5 Å². The van der Waals surface area contributed by atoms with Crippen LogP contribution in [0.15, 0.2) is 48.5 Å². The monoisotopic (exact) mass is 507 g/mol. The van der Waals surface area contributed by atoms with Crippen LogP contribution >= 0.6 is 0 Å². The fourth-order valence-corrected chi connectivity index (χ4v) is 3.76. The zero-order chi connectivity index (χ0) is 27.3. The smallest absolute Gasteiger partial charge is 0.273 e. The summed E-state index contributed by atoms with van der Waals surface area (Å²) in [6.07, 6.45) is 0.616. The molecule has 0 radical (unpaired) electrons. The molecule has 2 amide bonds. The lowest BCUT2D eigenvalue weighted by atomic mass is 9.92. The van der Waals surface area contributed by atoms with Crippen molar-refractivity contribution in [2.45, 2.75) is 46.5 Å². The molecule has 1 N–H and O–H groups in total. The number of carbonyl (C=O) groups is 2. The van der Waals surface area contributed by atoms with Gasteiger partial charge in [0.25, 0.3) is 11.6 Å². The van der Waals surface area contributed by atoms with Crippen molar-refractivity contribution in [2.75, 3.05) is 25.5 Å². The number of ether oxygens (including phenoxy) is 1. The number of carbonyl (C=O) groups excluding carboxylic acids is 2. The van der Waals surface area contributed by atoms with Crippen LogP contribution in [0, 0.1) is 17.0 Å². The van der Waals surface area contributed by atoms with Gasteiger partial charge in [0.05, 0.1) is 23.4 Å². The van der Waals surface area contributed by atoms with Crippen molar-refractivity contribution in [1.82, 2.24) is 14.7 Å². The summed E-state index contributed by atoms with van der Waals surface area (Å²) in [4.78, 5) is 38.5. The van der Waals surface area contributed by atoms with Gasteiger partial charge in [-0.1, -0.05) is 33.8 Å². The van der Waals surface area contributed by atoms with Crippen LogP contribution < -0.4 is 10.1 Å². The van der Waals surface area contributed by atoms with Crippen LogP contribution in [0.5, 0.6) is 5.75 Å². The Morgan fingerprint density at radius 1 is 1.14 bits per heavy atom. The molecule has 0 bridgehead atoms. The molecule has 10 nitrogen and oxygen atoms in total. The van der Waals surface area contributed by atoms with Gasteiger partial charge in [-0.05, 0) is 43.7 Å². The Morgan fingerprint density at radius 2 is 1.81 bits per heavy atom. The van der Waals surface area contributed by atoms with E-state index in [4.69, 9.17) is 9.84 Å². The zero-order valence-electron chi connectivity index (χ0n) is 22.1. The summed E-state index contributed by atoms with van der Waals surface area (Å²) in [5, 5.41) is 18.9. The van der Waals surface area contributed by atoms with Gasteiger partial charge in [-0.2, -0.15) is 5.10 Å². The number of nitrogens with zero attached hydrogens (tertiary/aromatic N) is 4. The predicted octanol–water partition coefficient (Wildman–Crippen LogP) is 4.89. The lowest BCUT2D eigenvalue weighted by Gasteiger charge is -2.22. The second-order valence-electron chi connectivity index (χ2n) is 9.81. The molecule has 196 valence electrons. The Balaban J connectivity index is 1.87. The summed E-state index contributed by atoms with van der Waals surface area (Å²) in [7, 11) is 1.59. The minimum absolute atomic E-state index is 0.134. The van der Waals surface area contributed by atoms with E-state index < -0.39 is 16.7 Å². The van der Waals surface area contributed by atoms with Crippen molar-refractivity contribution in [3.63, 3.8) is 0 Å². The molecule has 0 atom stereocenters. The number of benzene rings is 2. The molecular weight excluding hydrogens is 474 g/mol. The van der Waals surface area contributed by atoms with Crippen LogP contribution in [0.4, 0.5) is 11.5 Å². The van der Waals surface area contributed by atoms with E-state index in [0.717, 1.165) is 11.4 Å². The number of nitro benzene ring substituents is 1. The molecule has 2 aromatic carbocycles. The summed E-state index contributed by atoms with van der Waals surface area (Å²) in [6, 6.07) is 13.4. The number of methoxy groups -OCH3 is 1. The van der Waals surface area contributed by atoms with Crippen LogP contribution in [0.1, 0.15) is 55.7 Å². The lowest BCUT2D eigenvalue weighted by molar-refractivity contribution is -0.385. The fourth-order valence-electron chi connectivity index (χ4n) is 3.76. The maximum atomic E-state index is 13.2. The highest BCUT2D eigenvalue weighted by molar-refractivity contribution is 5.99. The molecule has 1 heterocycles. The summed E-state index contributed by atoms with van der Waals surface area (Å²) >= 11 is 0. The fraction of sp³-hybridized carbons (Fsp3) is 0.370. The molecule has 0 saturated heterocycles. The topological polar surface area (TPSA) is 120 Å². The van der Waals surface area contributed by atoms with Crippen molar-refractivity contribution in [2.24, 2.45) is 0 Å². The number of nitro groups is 1. The van der Waals surface area contributed by atoms with Crippen LogP contribution in [-0.4, -0.2) is 51.6 Å². The largest absolute Gasteiger partial charge is 0.497 e. The normalized spacial score (nSPS) is 11.2. The molecule has 1 aromatic heterocycles. The number of amides is 2. The third kappa shape index (κ3) is 6.52. The highest BCUT2D eigenvalue weighted by Gasteiger charge is 2.24. The van der Waals surface area contributed by atoms with E-state index in [0.29, 0.717) is 30.1 Å². The third-order valence-corrected chi connectivity index (χ3v) is 5.83. The minimum Gasteiger partial charge on any atom is -0.497 e. The number of aryl methyl sites for hydroxylation is 1. The number of hydrogen-bond acceptors (Lipinski definition) is 6. The van der Waals surface area contributed by atoms with E-state index in [1.807, 2.05) is 58.0 Å². The van der Waals surface area contributed by atoms with Gasteiger partial charge in [0.2, 0.25) is 5.91 Å². The van der Waals surface area contributed by atoms with Crippen LogP contribution in [0.25, 0.3) is 5.69 Å². The number of nitrogens with one attached hydrogen (secondary N) is 1. The molecular formula is C27H33N5O5. The molecule has 0 aliphatic rings. The molecule has 0 aliphatic heterocycles. The van der Waals surface area contributed by atoms with E-state index in [-0.39, 0.29) is 23.2 Å². The lowest BCUT2D eigenvalue weighted by Crippen LogP contribution is -2.38. The van der Waals surface area contributed by atoms with Gasteiger partial charge >= 0.3 is 0 Å². The third-order valence-electron chi connectivity index (χ3n) is 5.83. The van der Waals surface area contributed by atoms with Crippen molar-refractivity contribution in [1.29, 1.82) is 0 Å². The van der Waals surface area contributed by atoms with Gasteiger partial charge in [0.15, 0.2) is 0 Å². The van der Waals surface area contributed by atoms with Crippen LogP contribution in [-0.2, 0) is 10.2 Å². The number of anilines is 1. The van der Waals surface area contributed by atoms with E-state index in [9.17, 15) is 19.7 Å². The SMILES string of the molecule is CCCN(CC(=O)Nc1cc(C(C)(C)C)nn1-c1ccc(OC)cc1)C(=O)c1ccc(C)c([N+](=O)[O-])c1. The summed E-state index contributed by atoms with van der Waals surface area (Å²) < 4.78 is 6.88. The average Bonchev–Trinajstić information content (AvgIpc) is 3.27. The Morgan fingerprint density at radius 3 is 2.38 bits per heavy atom. The van der Waals surface area contributed by atoms with Crippen molar-refractivity contribution < 1.29 is 19.2 Å². The number of aromatic nitrogens is 2. The number of hydrogen-bond donors (Lipinski definition) is 1. The molecule has 0 aliphatic carbocycles. The first-order valence-electron chi connectivity index (χ1n) is 12.0. The van der Waals surface area contributed by atoms with Gasteiger partial charge in [0.1, 0.15) is 18.1 Å².